The van der Waals surface area contributed by atoms with Gasteiger partial charge in [-0.1, -0.05) is 11.8 Å². The third-order valence-electron chi connectivity index (χ3n) is 2.31. The van der Waals surface area contributed by atoms with Crippen LogP contribution in [-0.4, -0.2) is 22.8 Å². The van der Waals surface area contributed by atoms with Gasteiger partial charge in [0, 0.05) is 26.3 Å². The summed E-state index contributed by atoms with van der Waals surface area (Å²) in [5.74, 6) is -15.5. The van der Waals surface area contributed by atoms with Crippen LogP contribution in [0, 0.1) is 6.08 Å². The molecule has 0 spiro atoms. The fraction of sp³-hybridized carbons (Fsp3) is 0.300. The first-order valence-corrected chi connectivity index (χ1v) is 4.40. The number of alkyl halides is 6. The Kier molecular flexibility index (Phi) is 3.66. The zero-order valence-corrected chi connectivity index (χ0v) is 10.8. The van der Waals surface area contributed by atoms with Crippen molar-refractivity contribution in [3.63, 3.8) is 0 Å². The second kappa shape index (κ2) is 4.35. The van der Waals surface area contributed by atoms with Gasteiger partial charge < -0.3 is 4.98 Å². The Balaban J connectivity index is 0.00000162. The Morgan fingerprint density at radius 3 is 2.00 bits per heavy atom. The summed E-state index contributed by atoms with van der Waals surface area (Å²) < 4.78 is 77.6. The second-order valence-electron chi connectivity index (χ2n) is 3.44. The summed E-state index contributed by atoms with van der Waals surface area (Å²) in [6.07, 6.45) is 1.88. The number of aromatic nitrogens is 1. The van der Waals surface area contributed by atoms with Crippen molar-refractivity contribution in [2.24, 2.45) is 0 Å². The minimum Gasteiger partial charge on any atom is -0.351 e. The number of pyridine rings is 1. The average molecular weight is 444 g/mol. The van der Waals surface area contributed by atoms with Crippen LogP contribution >= 0.6 is 0 Å². The molecular formula is C10H4F6IrN-. The van der Waals surface area contributed by atoms with Crippen molar-refractivity contribution >= 4 is 5.57 Å². The SMILES string of the molecule is FC1(F)[C-]=C(c2ccccn2)C(F)(F)C1(F)F.[Ir]. The van der Waals surface area contributed by atoms with E-state index in [1.165, 1.54) is 12.1 Å². The van der Waals surface area contributed by atoms with Crippen LogP contribution in [0.4, 0.5) is 26.3 Å². The Bertz CT molecular complexity index is 471. The van der Waals surface area contributed by atoms with Gasteiger partial charge >= 0.3 is 11.8 Å². The quantitative estimate of drug-likeness (QED) is 0.479. The van der Waals surface area contributed by atoms with E-state index in [-0.39, 0.29) is 20.1 Å². The molecule has 0 N–H and O–H groups in total. The summed E-state index contributed by atoms with van der Waals surface area (Å²) in [6.45, 7) is 0. The fourth-order valence-corrected chi connectivity index (χ4v) is 1.40. The number of hydrogen-bond acceptors (Lipinski definition) is 1. The number of hydrogen-bond donors (Lipinski definition) is 0. The van der Waals surface area contributed by atoms with Gasteiger partial charge in [0.25, 0.3) is 5.92 Å². The fourth-order valence-electron chi connectivity index (χ4n) is 1.40. The Morgan fingerprint density at radius 1 is 1.00 bits per heavy atom. The first kappa shape index (κ1) is 15.2. The molecule has 1 aromatic heterocycles. The van der Waals surface area contributed by atoms with Crippen LogP contribution in [0.1, 0.15) is 5.69 Å². The standard InChI is InChI=1S/C10H4F6N.Ir/c11-8(12)5-6(7-3-1-2-4-17-7)9(13,14)10(8,15)16;/h1-4H;/q-1;. The topological polar surface area (TPSA) is 12.9 Å². The Morgan fingerprint density at radius 2 is 1.61 bits per heavy atom. The van der Waals surface area contributed by atoms with E-state index >= 15 is 0 Å². The maximum absolute atomic E-state index is 13.2. The van der Waals surface area contributed by atoms with Crippen molar-refractivity contribution in [3.05, 3.63) is 36.2 Å². The van der Waals surface area contributed by atoms with Gasteiger partial charge in [0.2, 0.25) is 0 Å². The van der Waals surface area contributed by atoms with E-state index in [4.69, 9.17) is 0 Å². The van der Waals surface area contributed by atoms with Crippen molar-refractivity contribution in [1.82, 2.24) is 4.98 Å². The van der Waals surface area contributed by atoms with Gasteiger partial charge in [-0.15, -0.1) is 11.6 Å². The van der Waals surface area contributed by atoms with E-state index in [0.717, 1.165) is 18.3 Å². The Hall–Kier alpha value is -0.881. The first-order chi connectivity index (χ1) is 7.70. The van der Waals surface area contributed by atoms with Gasteiger partial charge in [-0.25, -0.2) is 8.78 Å². The van der Waals surface area contributed by atoms with E-state index in [1.54, 1.807) is 0 Å². The number of rotatable bonds is 1. The molecule has 1 aliphatic carbocycles. The number of allylic oxidation sites excluding steroid dienone is 2. The summed E-state index contributed by atoms with van der Waals surface area (Å²) in [7, 11) is 0. The van der Waals surface area contributed by atoms with Crippen LogP contribution in [0.25, 0.3) is 5.57 Å². The van der Waals surface area contributed by atoms with Gasteiger partial charge in [0.05, 0.1) is 0 Å². The van der Waals surface area contributed by atoms with E-state index in [2.05, 4.69) is 4.98 Å². The van der Waals surface area contributed by atoms with Crippen LogP contribution in [0.2, 0.25) is 0 Å². The van der Waals surface area contributed by atoms with Gasteiger partial charge in [-0.3, -0.25) is 0 Å². The van der Waals surface area contributed by atoms with E-state index in [0.29, 0.717) is 0 Å². The van der Waals surface area contributed by atoms with E-state index < -0.39 is 29.0 Å². The average Bonchev–Trinajstić information content (AvgIpc) is 2.37. The molecular weight excluding hydrogens is 440 g/mol. The van der Waals surface area contributed by atoms with Crippen LogP contribution in [-0.2, 0) is 20.1 Å². The molecule has 0 amide bonds. The summed E-state index contributed by atoms with van der Waals surface area (Å²) in [5, 5.41) is 0. The van der Waals surface area contributed by atoms with Crippen molar-refractivity contribution in [2.75, 3.05) is 0 Å². The third kappa shape index (κ3) is 1.87. The molecule has 101 valence electrons. The monoisotopic (exact) mass is 445 g/mol. The molecule has 1 aliphatic rings. The molecule has 1 radical (unpaired) electrons. The minimum absolute atomic E-state index is 0. The van der Waals surface area contributed by atoms with Crippen LogP contribution in [0.5, 0.6) is 0 Å². The zero-order chi connectivity index (χ0) is 12.9. The molecule has 0 aromatic carbocycles. The summed E-state index contributed by atoms with van der Waals surface area (Å²) >= 11 is 0. The number of halogens is 6. The minimum atomic E-state index is -5.49. The summed E-state index contributed by atoms with van der Waals surface area (Å²) in [5.41, 5.74) is -2.22. The molecule has 0 fully saturated rings. The van der Waals surface area contributed by atoms with Gasteiger partial charge in [0.1, 0.15) is 0 Å². The first-order valence-electron chi connectivity index (χ1n) is 4.40. The molecule has 8 heteroatoms. The third-order valence-corrected chi connectivity index (χ3v) is 2.31. The summed E-state index contributed by atoms with van der Waals surface area (Å²) in [6, 6.07) is 3.50. The Labute approximate surface area is 111 Å². The maximum Gasteiger partial charge on any atom is 0.360 e. The molecule has 0 atom stereocenters. The van der Waals surface area contributed by atoms with Crippen molar-refractivity contribution in [2.45, 2.75) is 17.8 Å². The molecule has 0 bridgehead atoms. The van der Waals surface area contributed by atoms with Crippen molar-refractivity contribution in [3.8, 4) is 0 Å². The molecule has 1 nitrogen and oxygen atoms in total. The molecule has 1 heterocycles. The van der Waals surface area contributed by atoms with Crippen LogP contribution in [0.3, 0.4) is 0 Å². The number of nitrogens with zero attached hydrogens (tertiary/aromatic N) is 1. The second-order valence-corrected chi connectivity index (χ2v) is 3.44. The molecule has 1 aromatic rings. The molecule has 0 saturated carbocycles. The van der Waals surface area contributed by atoms with Crippen molar-refractivity contribution < 1.29 is 46.4 Å². The van der Waals surface area contributed by atoms with Crippen LogP contribution in [0.15, 0.2) is 24.4 Å². The predicted octanol–water partition coefficient (Wildman–Crippen LogP) is 3.19. The predicted molar refractivity (Wildman–Crippen MR) is 45.7 cm³/mol. The van der Waals surface area contributed by atoms with Gasteiger partial charge in [-0.2, -0.15) is 23.6 Å². The van der Waals surface area contributed by atoms with Crippen molar-refractivity contribution in [1.29, 1.82) is 0 Å². The van der Waals surface area contributed by atoms with E-state index in [9.17, 15) is 26.3 Å². The maximum atomic E-state index is 13.2. The molecule has 0 saturated heterocycles. The van der Waals surface area contributed by atoms with Crippen LogP contribution < -0.4 is 0 Å². The normalized spacial score (nSPS) is 23.1. The zero-order valence-electron chi connectivity index (χ0n) is 8.36. The molecule has 0 aliphatic heterocycles. The van der Waals surface area contributed by atoms with E-state index in [1.807, 2.05) is 0 Å². The summed E-state index contributed by atoms with van der Waals surface area (Å²) in [4.78, 5) is 3.34. The van der Waals surface area contributed by atoms with Gasteiger partial charge in [0.15, 0.2) is 0 Å². The molecule has 18 heavy (non-hydrogen) atoms. The smallest absolute Gasteiger partial charge is 0.351 e. The van der Waals surface area contributed by atoms with Gasteiger partial charge in [-0.05, 0) is 6.07 Å². The molecule has 0 unspecified atom stereocenters. The largest absolute Gasteiger partial charge is 0.360 e. The molecule has 2 rings (SSSR count).